The molecule has 1 aliphatic carbocycles. The van der Waals surface area contributed by atoms with E-state index in [1.165, 1.54) is 58.7 Å². The number of rotatable bonds is 4. The smallest absolute Gasteiger partial charge is 0.0215 e. The van der Waals surface area contributed by atoms with Gasteiger partial charge in [0, 0.05) is 5.41 Å². The van der Waals surface area contributed by atoms with Crippen molar-refractivity contribution in [2.24, 2.45) is 0 Å². The van der Waals surface area contributed by atoms with E-state index < -0.39 is 0 Å². The molecule has 0 aliphatic heterocycles. The van der Waals surface area contributed by atoms with Crippen molar-refractivity contribution in [2.75, 3.05) is 0 Å². The van der Waals surface area contributed by atoms with Gasteiger partial charge in [-0.15, -0.1) is 0 Å². The molecule has 0 saturated heterocycles. The van der Waals surface area contributed by atoms with Gasteiger partial charge in [-0.2, -0.15) is 0 Å². The summed E-state index contributed by atoms with van der Waals surface area (Å²) in [7, 11) is 0. The predicted molar refractivity (Wildman–Crippen MR) is 109 cm³/mol. The van der Waals surface area contributed by atoms with Gasteiger partial charge in [0.15, 0.2) is 0 Å². The molecule has 0 nitrogen and oxygen atoms in total. The summed E-state index contributed by atoms with van der Waals surface area (Å²) in [6.07, 6.45) is 4.92. The molecule has 0 amide bonds. The molecule has 0 N–H and O–H groups in total. The van der Waals surface area contributed by atoms with Crippen molar-refractivity contribution in [1.82, 2.24) is 0 Å². The second kappa shape index (κ2) is 6.02. The zero-order valence-electron chi connectivity index (χ0n) is 15.9. The van der Waals surface area contributed by atoms with Gasteiger partial charge in [-0.05, 0) is 65.3 Å². The molecule has 0 unspecified atom stereocenters. The largest absolute Gasteiger partial charge is 0.0653 e. The lowest BCUT2D eigenvalue weighted by Crippen LogP contribution is -2.25. The minimum Gasteiger partial charge on any atom is -0.0653 e. The quantitative estimate of drug-likeness (QED) is 0.470. The summed E-state index contributed by atoms with van der Waals surface area (Å²) in [6.45, 7) is 9.17. The van der Waals surface area contributed by atoms with Gasteiger partial charge >= 0.3 is 0 Å². The molecule has 1 aliphatic rings. The molecule has 0 radical (unpaired) electrons. The average Bonchev–Trinajstić information content (AvgIpc) is 2.86. The fourth-order valence-electron chi connectivity index (χ4n) is 5.16. The van der Waals surface area contributed by atoms with E-state index in [0.29, 0.717) is 0 Å². The SMILES string of the molecule is CCCC1(CCC)c2cc(C)ccc2-c2c1cc(C)c1ccccc21. The Bertz CT molecular complexity index is 940. The maximum Gasteiger partial charge on any atom is 0.0215 e. The molecular formula is C25H28. The van der Waals surface area contributed by atoms with E-state index in [0.717, 1.165) is 0 Å². The lowest BCUT2D eigenvalue weighted by molar-refractivity contribution is 0.435. The van der Waals surface area contributed by atoms with Crippen molar-refractivity contribution in [3.05, 3.63) is 70.8 Å². The van der Waals surface area contributed by atoms with Crippen LogP contribution in [0.15, 0.2) is 48.5 Å². The molecule has 0 spiro atoms. The van der Waals surface area contributed by atoms with E-state index in [-0.39, 0.29) is 5.41 Å². The minimum atomic E-state index is 0.189. The maximum atomic E-state index is 2.50. The Hall–Kier alpha value is -2.08. The third-order valence-electron chi connectivity index (χ3n) is 6.08. The summed E-state index contributed by atoms with van der Waals surface area (Å²) >= 11 is 0. The molecular weight excluding hydrogens is 300 g/mol. The summed E-state index contributed by atoms with van der Waals surface area (Å²) in [5, 5.41) is 2.83. The molecule has 0 atom stereocenters. The van der Waals surface area contributed by atoms with Gasteiger partial charge in [-0.1, -0.05) is 80.8 Å². The first-order valence-corrected chi connectivity index (χ1v) is 9.76. The Kier molecular flexibility index (Phi) is 3.95. The first-order valence-electron chi connectivity index (χ1n) is 9.76. The van der Waals surface area contributed by atoms with Crippen molar-refractivity contribution < 1.29 is 0 Å². The van der Waals surface area contributed by atoms with Crippen LogP contribution in [0.3, 0.4) is 0 Å². The lowest BCUT2D eigenvalue weighted by Gasteiger charge is -2.32. The van der Waals surface area contributed by atoms with E-state index in [1.54, 1.807) is 11.1 Å². The number of benzene rings is 3. The Morgan fingerprint density at radius 2 is 1.44 bits per heavy atom. The van der Waals surface area contributed by atoms with Crippen molar-refractivity contribution in [2.45, 2.75) is 58.8 Å². The highest BCUT2D eigenvalue weighted by Crippen LogP contribution is 2.56. The molecule has 25 heavy (non-hydrogen) atoms. The third-order valence-corrected chi connectivity index (χ3v) is 6.08. The van der Waals surface area contributed by atoms with Gasteiger partial charge in [0.2, 0.25) is 0 Å². The maximum absolute atomic E-state index is 2.50. The molecule has 3 aromatic rings. The third kappa shape index (κ3) is 2.27. The van der Waals surface area contributed by atoms with Crippen LogP contribution in [0.2, 0.25) is 0 Å². The number of aryl methyl sites for hydroxylation is 2. The Morgan fingerprint density at radius 1 is 0.760 bits per heavy atom. The van der Waals surface area contributed by atoms with Crippen LogP contribution in [0.25, 0.3) is 21.9 Å². The Morgan fingerprint density at radius 3 is 2.12 bits per heavy atom. The average molecular weight is 328 g/mol. The van der Waals surface area contributed by atoms with Crippen LogP contribution >= 0.6 is 0 Å². The van der Waals surface area contributed by atoms with Crippen molar-refractivity contribution in [3.8, 4) is 11.1 Å². The fraction of sp³-hybridized carbons (Fsp3) is 0.360. The molecule has 0 heteroatoms. The van der Waals surface area contributed by atoms with Crippen LogP contribution in [0.4, 0.5) is 0 Å². The normalized spacial score (nSPS) is 14.6. The summed E-state index contributed by atoms with van der Waals surface area (Å²) in [4.78, 5) is 0. The van der Waals surface area contributed by atoms with E-state index in [4.69, 9.17) is 0 Å². The van der Waals surface area contributed by atoms with Crippen LogP contribution < -0.4 is 0 Å². The van der Waals surface area contributed by atoms with Crippen LogP contribution in [-0.2, 0) is 5.41 Å². The summed E-state index contributed by atoms with van der Waals surface area (Å²) in [5.41, 5.74) is 9.10. The molecule has 128 valence electrons. The summed E-state index contributed by atoms with van der Waals surface area (Å²) < 4.78 is 0. The Labute approximate surface area is 151 Å². The summed E-state index contributed by atoms with van der Waals surface area (Å²) in [5.74, 6) is 0. The molecule has 0 saturated carbocycles. The van der Waals surface area contributed by atoms with Crippen LogP contribution in [0.1, 0.15) is 61.8 Å². The predicted octanol–water partition coefficient (Wildman–Crippen LogP) is 7.32. The zero-order valence-corrected chi connectivity index (χ0v) is 15.9. The molecule has 4 rings (SSSR count). The van der Waals surface area contributed by atoms with Crippen LogP contribution in [0.5, 0.6) is 0 Å². The monoisotopic (exact) mass is 328 g/mol. The van der Waals surface area contributed by atoms with Crippen molar-refractivity contribution >= 4 is 10.8 Å². The van der Waals surface area contributed by atoms with Gasteiger partial charge in [-0.25, -0.2) is 0 Å². The molecule has 0 bridgehead atoms. The topological polar surface area (TPSA) is 0 Å². The molecule has 3 aromatic carbocycles. The summed E-state index contributed by atoms with van der Waals surface area (Å²) in [6, 6.07) is 18.6. The minimum absolute atomic E-state index is 0.189. The van der Waals surface area contributed by atoms with Gasteiger partial charge in [0.05, 0.1) is 0 Å². The molecule has 0 heterocycles. The highest BCUT2D eigenvalue weighted by molar-refractivity contribution is 6.04. The molecule has 0 aromatic heterocycles. The highest BCUT2D eigenvalue weighted by atomic mass is 14.4. The number of hydrogen-bond acceptors (Lipinski definition) is 0. The zero-order chi connectivity index (χ0) is 17.6. The van der Waals surface area contributed by atoms with Gasteiger partial charge in [-0.3, -0.25) is 0 Å². The standard InChI is InChI=1S/C25H28/c1-5-13-25(14-6-2)22-15-17(3)11-12-21(22)24-20-10-8-7-9-19(20)18(4)16-23(24)25/h7-12,15-16H,5-6,13-14H2,1-4H3. The van der Waals surface area contributed by atoms with Crippen molar-refractivity contribution in [3.63, 3.8) is 0 Å². The fourth-order valence-corrected chi connectivity index (χ4v) is 5.16. The van der Waals surface area contributed by atoms with Gasteiger partial charge < -0.3 is 0 Å². The van der Waals surface area contributed by atoms with Crippen LogP contribution in [-0.4, -0.2) is 0 Å². The van der Waals surface area contributed by atoms with E-state index in [1.807, 2.05) is 0 Å². The van der Waals surface area contributed by atoms with Gasteiger partial charge in [0.1, 0.15) is 0 Å². The van der Waals surface area contributed by atoms with E-state index in [2.05, 4.69) is 76.2 Å². The lowest BCUT2D eigenvalue weighted by atomic mass is 9.71. The molecule has 0 fully saturated rings. The Balaban J connectivity index is 2.16. The first kappa shape index (κ1) is 16.4. The second-order valence-corrected chi connectivity index (χ2v) is 7.79. The first-order chi connectivity index (χ1) is 12.1. The van der Waals surface area contributed by atoms with Crippen LogP contribution in [0, 0.1) is 13.8 Å². The second-order valence-electron chi connectivity index (χ2n) is 7.79. The number of fused-ring (bicyclic) bond motifs is 5. The van der Waals surface area contributed by atoms with E-state index in [9.17, 15) is 0 Å². The van der Waals surface area contributed by atoms with E-state index >= 15 is 0 Å². The van der Waals surface area contributed by atoms with Crippen molar-refractivity contribution in [1.29, 1.82) is 0 Å². The number of hydrogen-bond donors (Lipinski definition) is 0. The highest BCUT2D eigenvalue weighted by Gasteiger charge is 2.42. The van der Waals surface area contributed by atoms with Gasteiger partial charge in [0.25, 0.3) is 0 Å².